The van der Waals surface area contributed by atoms with Gasteiger partial charge >= 0.3 is 5.97 Å². The highest BCUT2D eigenvalue weighted by atomic mass is 32.2. The first kappa shape index (κ1) is 21.3. The van der Waals surface area contributed by atoms with E-state index in [0.29, 0.717) is 0 Å². The van der Waals surface area contributed by atoms with Crippen LogP contribution >= 0.6 is 0 Å². The van der Waals surface area contributed by atoms with Gasteiger partial charge < -0.3 is 9.64 Å². The average Bonchev–Trinajstić information content (AvgIpc) is 2.62. The standard InChI is InChI=1S/C16H18FN3O5S/c1-3-8-19-26(23,24)14-10-12(5-6-13(14)17)16(22)25-11-15(21)20(2)9-4-7-18/h3,5-6,10,19H,1,4,8-9,11H2,2H3. The number of hydrogen-bond donors (Lipinski definition) is 1. The van der Waals surface area contributed by atoms with Gasteiger partial charge in [-0.2, -0.15) is 5.26 Å². The maximum Gasteiger partial charge on any atom is 0.338 e. The van der Waals surface area contributed by atoms with Crippen LogP contribution in [0.25, 0.3) is 0 Å². The number of halogens is 1. The van der Waals surface area contributed by atoms with Crippen molar-refractivity contribution in [3.05, 3.63) is 42.2 Å². The van der Waals surface area contributed by atoms with E-state index in [1.165, 1.54) is 18.0 Å². The molecule has 0 fully saturated rings. The number of amides is 1. The van der Waals surface area contributed by atoms with Gasteiger partial charge in [0.1, 0.15) is 10.7 Å². The molecule has 0 spiro atoms. The van der Waals surface area contributed by atoms with Gasteiger partial charge in [-0.1, -0.05) is 6.08 Å². The molecule has 0 bridgehead atoms. The lowest BCUT2D eigenvalue weighted by molar-refractivity contribution is -0.133. The summed E-state index contributed by atoms with van der Waals surface area (Å²) >= 11 is 0. The quantitative estimate of drug-likeness (QED) is 0.498. The molecule has 0 aliphatic heterocycles. The zero-order valence-corrected chi connectivity index (χ0v) is 14.9. The number of sulfonamides is 1. The van der Waals surface area contributed by atoms with Gasteiger partial charge in [-0.3, -0.25) is 4.79 Å². The lowest BCUT2D eigenvalue weighted by Gasteiger charge is -2.15. The molecule has 1 aromatic rings. The Bertz CT molecular complexity index is 833. The second-order valence-corrected chi connectivity index (χ2v) is 6.82. The Morgan fingerprint density at radius 3 is 2.77 bits per heavy atom. The van der Waals surface area contributed by atoms with Crippen molar-refractivity contribution in [3.63, 3.8) is 0 Å². The second-order valence-electron chi connectivity index (χ2n) is 5.09. The number of carbonyl (C=O) groups is 2. The van der Waals surface area contributed by atoms with Crippen LogP contribution in [0.15, 0.2) is 35.7 Å². The molecule has 140 valence electrons. The molecule has 1 amide bonds. The molecule has 0 heterocycles. The SMILES string of the molecule is C=CCNS(=O)(=O)c1cc(C(=O)OCC(=O)N(C)CCC#N)ccc1F. The zero-order valence-electron chi connectivity index (χ0n) is 14.1. The minimum Gasteiger partial charge on any atom is -0.452 e. The van der Waals surface area contributed by atoms with E-state index in [-0.39, 0.29) is 25.1 Å². The molecule has 0 radical (unpaired) electrons. The molecule has 10 heteroatoms. The average molecular weight is 383 g/mol. The number of nitriles is 1. The van der Waals surface area contributed by atoms with Crippen LogP contribution in [0.3, 0.4) is 0 Å². The van der Waals surface area contributed by atoms with E-state index in [2.05, 4.69) is 11.3 Å². The first-order chi connectivity index (χ1) is 12.2. The highest BCUT2D eigenvalue weighted by molar-refractivity contribution is 7.89. The maximum atomic E-state index is 13.8. The summed E-state index contributed by atoms with van der Waals surface area (Å²) in [4.78, 5) is 24.2. The van der Waals surface area contributed by atoms with E-state index in [4.69, 9.17) is 10.00 Å². The number of likely N-dealkylation sites (N-methyl/N-ethyl adjacent to an activating group) is 1. The number of nitrogens with one attached hydrogen (secondary N) is 1. The minimum atomic E-state index is -4.17. The van der Waals surface area contributed by atoms with Gasteiger partial charge in [-0.15, -0.1) is 6.58 Å². The van der Waals surface area contributed by atoms with Gasteiger partial charge in [0.2, 0.25) is 10.0 Å². The van der Waals surface area contributed by atoms with Crippen molar-refractivity contribution in [1.29, 1.82) is 5.26 Å². The Morgan fingerprint density at radius 1 is 1.46 bits per heavy atom. The molecule has 1 rings (SSSR count). The normalized spacial score (nSPS) is 10.7. The smallest absolute Gasteiger partial charge is 0.338 e. The van der Waals surface area contributed by atoms with Gasteiger partial charge in [0.15, 0.2) is 6.61 Å². The molecule has 0 aromatic heterocycles. The van der Waals surface area contributed by atoms with Crippen molar-refractivity contribution >= 4 is 21.9 Å². The summed E-state index contributed by atoms with van der Waals surface area (Å²) in [5, 5.41) is 8.47. The summed E-state index contributed by atoms with van der Waals surface area (Å²) in [5.74, 6) is -2.55. The Labute approximate surface area is 150 Å². The predicted molar refractivity (Wildman–Crippen MR) is 89.9 cm³/mol. The topological polar surface area (TPSA) is 117 Å². The van der Waals surface area contributed by atoms with Gasteiger partial charge in [-0.05, 0) is 18.2 Å². The minimum absolute atomic E-state index is 0.111. The summed E-state index contributed by atoms with van der Waals surface area (Å²) in [6.45, 7) is 2.83. The predicted octanol–water partition coefficient (Wildman–Crippen LogP) is 0.819. The van der Waals surface area contributed by atoms with E-state index < -0.39 is 39.2 Å². The number of rotatable bonds is 9. The molecule has 26 heavy (non-hydrogen) atoms. The van der Waals surface area contributed by atoms with Crippen molar-refractivity contribution in [2.45, 2.75) is 11.3 Å². The van der Waals surface area contributed by atoms with Crippen LogP contribution < -0.4 is 4.72 Å². The van der Waals surface area contributed by atoms with Crippen LogP contribution in [-0.4, -0.2) is 51.9 Å². The van der Waals surface area contributed by atoms with Crippen LogP contribution in [0, 0.1) is 17.1 Å². The maximum absolute atomic E-state index is 13.8. The van der Waals surface area contributed by atoms with Gasteiger partial charge in [0.05, 0.1) is 18.1 Å². The van der Waals surface area contributed by atoms with Crippen molar-refractivity contribution in [2.75, 3.05) is 26.7 Å². The molecule has 0 unspecified atom stereocenters. The molecule has 1 aromatic carbocycles. The highest BCUT2D eigenvalue weighted by Gasteiger charge is 2.21. The molecule has 0 saturated carbocycles. The van der Waals surface area contributed by atoms with E-state index in [1.807, 2.05) is 6.07 Å². The monoisotopic (exact) mass is 383 g/mol. The molecule has 0 aliphatic rings. The van der Waals surface area contributed by atoms with Crippen LogP contribution in [0.2, 0.25) is 0 Å². The summed E-state index contributed by atoms with van der Waals surface area (Å²) in [5.41, 5.74) is -0.224. The molecule has 0 aliphatic carbocycles. The van der Waals surface area contributed by atoms with Gasteiger partial charge in [-0.25, -0.2) is 22.3 Å². The van der Waals surface area contributed by atoms with E-state index >= 15 is 0 Å². The van der Waals surface area contributed by atoms with Crippen molar-refractivity contribution in [3.8, 4) is 6.07 Å². The number of benzene rings is 1. The van der Waals surface area contributed by atoms with Crippen LogP contribution in [0.5, 0.6) is 0 Å². The van der Waals surface area contributed by atoms with Crippen molar-refractivity contribution in [1.82, 2.24) is 9.62 Å². The van der Waals surface area contributed by atoms with Gasteiger partial charge in [0, 0.05) is 20.1 Å². The number of carbonyl (C=O) groups excluding carboxylic acids is 2. The first-order valence-corrected chi connectivity index (χ1v) is 8.89. The lowest BCUT2D eigenvalue weighted by atomic mass is 10.2. The fourth-order valence-electron chi connectivity index (χ4n) is 1.75. The first-order valence-electron chi connectivity index (χ1n) is 7.41. The summed E-state index contributed by atoms with van der Waals surface area (Å²) in [6, 6.07) is 4.57. The van der Waals surface area contributed by atoms with E-state index in [9.17, 15) is 22.4 Å². The third kappa shape index (κ3) is 5.94. The summed E-state index contributed by atoms with van der Waals surface area (Å²) < 4.78 is 44.7. The fourth-order valence-corrected chi connectivity index (χ4v) is 2.85. The number of hydrogen-bond acceptors (Lipinski definition) is 6. The largest absolute Gasteiger partial charge is 0.452 e. The number of ether oxygens (including phenoxy) is 1. The van der Waals surface area contributed by atoms with E-state index in [1.54, 1.807) is 0 Å². The molecular weight excluding hydrogens is 365 g/mol. The molecule has 8 nitrogen and oxygen atoms in total. The Balaban J connectivity index is 2.85. The van der Waals surface area contributed by atoms with E-state index in [0.717, 1.165) is 18.2 Å². The second kappa shape index (κ2) is 9.65. The molecule has 0 atom stereocenters. The Hall–Kier alpha value is -2.77. The molecular formula is C16H18FN3O5S. The number of nitrogens with zero attached hydrogens (tertiary/aromatic N) is 2. The van der Waals surface area contributed by atoms with Crippen LogP contribution in [-0.2, 0) is 19.6 Å². The third-order valence-electron chi connectivity index (χ3n) is 3.19. The van der Waals surface area contributed by atoms with Crippen LogP contribution in [0.1, 0.15) is 16.8 Å². The Kier molecular flexibility index (Phi) is 7.89. The molecule has 1 N–H and O–H groups in total. The number of esters is 1. The lowest BCUT2D eigenvalue weighted by Crippen LogP contribution is -2.32. The van der Waals surface area contributed by atoms with Crippen molar-refractivity contribution < 1.29 is 27.1 Å². The molecule has 0 saturated heterocycles. The summed E-state index contributed by atoms with van der Waals surface area (Å²) in [7, 11) is -2.73. The van der Waals surface area contributed by atoms with Crippen LogP contribution in [0.4, 0.5) is 4.39 Å². The fraction of sp³-hybridized carbons (Fsp3) is 0.312. The van der Waals surface area contributed by atoms with Gasteiger partial charge in [0.25, 0.3) is 5.91 Å². The van der Waals surface area contributed by atoms with Crippen molar-refractivity contribution in [2.24, 2.45) is 0 Å². The summed E-state index contributed by atoms with van der Waals surface area (Å²) in [6.07, 6.45) is 1.41. The zero-order chi connectivity index (χ0) is 19.7. The highest BCUT2D eigenvalue weighted by Crippen LogP contribution is 2.17. The Morgan fingerprint density at radius 2 is 2.15 bits per heavy atom. The third-order valence-corrected chi connectivity index (χ3v) is 4.62.